The lowest BCUT2D eigenvalue weighted by Crippen LogP contribution is -1.96. The highest BCUT2D eigenvalue weighted by Crippen LogP contribution is 2.56. The second kappa shape index (κ2) is 5.26. The van der Waals surface area contributed by atoms with Crippen LogP contribution in [0.2, 0.25) is 0 Å². The van der Waals surface area contributed by atoms with Crippen molar-refractivity contribution < 1.29 is 4.39 Å². The quantitative estimate of drug-likeness (QED) is 0.632. The number of benzene rings is 2. The van der Waals surface area contributed by atoms with Crippen LogP contribution in [0.3, 0.4) is 0 Å². The van der Waals surface area contributed by atoms with Crippen molar-refractivity contribution in [3.05, 3.63) is 69.9 Å². The molecule has 2 aromatic carbocycles. The lowest BCUT2D eigenvalue weighted by molar-refractivity contribution is 0.619. The number of rotatable bonds is 3. The van der Waals surface area contributed by atoms with E-state index in [0.29, 0.717) is 16.3 Å². The minimum absolute atomic E-state index is 0.0536. The van der Waals surface area contributed by atoms with E-state index in [1.54, 1.807) is 12.1 Å². The molecule has 0 nitrogen and oxygen atoms in total. The van der Waals surface area contributed by atoms with Gasteiger partial charge in [-0.15, -0.1) is 11.6 Å². The van der Waals surface area contributed by atoms with Gasteiger partial charge in [-0.3, -0.25) is 0 Å². The number of halogens is 3. The fourth-order valence-corrected chi connectivity index (χ4v) is 3.36. The van der Waals surface area contributed by atoms with Crippen LogP contribution in [0.1, 0.15) is 28.8 Å². The topological polar surface area (TPSA) is 0 Å². The summed E-state index contributed by atoms with van der Waals surface area (Å²) in [5.41, 5.74) is 2.33. The Morgan fingerprint density at radius 2 is 1.89 bits per heavy atom. The average Bonchev–Trinajstić information content (AvgIpc) is 3.22. The summed E-state index contributed by atoms with van der Waals surface area (Å²) in [6, 6.07) is 15.5. The summed E-state index contributed by atoms with van der Waals surface area (Å²) < 4.78 is 13.7. The summed E-state index contributed by atoms with van der Waals surface area (Å²) in [6.45, 7) is 0. The average molecular weight is 340 g/mol. The molecule has 1 aliphatic rings. The Morgan fingerprint density at radius 3 is 2.58 bits per heavy atom. The number of alkyl halides is 1. The Bertz CT molecular complexity index is 585. The maximum atomic E-state index is 13.2. The van der Waals surface area contributed by atoms with Gasteiger partial charge in [0.05, 0.1) is 9.85 Å². The van der Waals surface area contributed by atoms with Crippen LogP contribution in [0.4, 0.5) is 4.39 Å². The van der Waals surface area contributed by atoms with Crippen LogP contribution in [-0.2, 0) is 0 Å². The van der Waals surface area contributed by atoms with Crippen molar-refractivity contribution in [1.82, 2.24) is 0 Å². The number of hydrogen-bond donors (Lipinski definition) is 0. The second-order valence-corrected chi connectivity index (χ2v) is 6.32. The van der Waals surface area contributed by atoms with Gasteiger partial charge in [-0.1, -0.05) is 36.4 Å². The smallest absolute Gasteiger partial charge is 0.137 e. The van der Waals surface area contributed by atoms with Gasteiger partial charge in [0.25, 0.3) is 0 Å². The van der Waals surface area contributed by atoms with Crippen LogP contribution in [-0.4, -0.2) is 0 Å². The van der Waals surface area contributed by atoms with E-state index in [1.165, 1.54) is 11.6 Å². The van der Waals surface area contributed by atoms with Crippen LogP contribution < -0.4 is 0 Å². The van der Waals surface area contributed by atoms with Gasteiger partial charge >= 0.3 is 0 Å². The van der Waals surface area contributed by atoms with Crippen molar-refractivity contribution in [1.29, 1.82) is 0 Å². The molecule has 0 heterocycles. The van der Waals surface area contributed by atoms with Crippen LogP contribution >= 0.6 is 27.5 Å². The van der Waals surface area contributed by atoms with Crippen molar-refractivity contribution in [3.63, 3.8) is 0 Å². The van der Waals surface area contributed by atoms with Gasteiger partial charge in [0.15, 0.2) is 0 Å². The van der Waals surface area contributed by atoms with Gasteiger partial charge in [0.2, 0.25) is 0 Å². The Labute approximate surface area is 125 Å². The Morgan fingerprint density at radius 1 is 1.16 bits per heavy atom. The fourth-order valence-electron chi connectivity index (χ4n) is 2.55. The highest BCUT2D eigenvalue weighted by Gasteiger charge is 2.43. The minimum atomic E-state index is -0.247. The third kappa shape index (κ3) is 2.70. The molecule has 3 heteroatoms. The van der Waals surface area contributed by atoms with E-state index in [1.807, 2.05) is 6.07 Å². The molecule has 3 rings (SSSR count). The van der Waals surface area contributed by atoms with Gasteiger partial charge in [0.1, 0.15) is 5.82 Å². The van der Waals surface area contributed by atoms with E-state index in [2.05, 4.69) is 40.2 Å². The summed E-state index contributed by atoms with van der Waals surface area (Å²) in [5, 5.41) is -0.0536. The lowest BCUT2D eigenvalue weighted by Gasteiger charge is -2.10. The molecule has 98 valence electrons. The largest absolute Gasteiger partial charge is 0.206 e. The monoisotopic (exact) mass is 338 g/mol. The highest BCUT2D eigenvalue weighted by atomic mass is 79.9. The molecule has 19 heavy (non-hydrogen) atoms. The van der Waals surface area contributed by atoms with Crippen molar-refractivity contribution in [2.75, 3.05) is 0 Å². The third-order valence-electron chi connectivity index (χ3n) is 3.71. The van der Waals surface area contributed by atoms with Gasteiger partial charge in [-0.2, -0.15) is 0 Å². The SMILES string of the molecule is Fc1ccc(C(Cl)C2CC2c2ccccc2)cc1Br. The molecule has 0 radical (unpaired) electrons. The minimum Gasteiger partial charge on any atom is -0.206 e. The lowest BCUT2D eigenvalue weighted by atomic mass is 10.0. The first-order valence-corrected chi connectivity index (χ1v) is 7.53. The molecule has 3 atom stereocenters. The van der Waals surface area contributed by atoms with Crippen LogP contribution in [0.5, 0.6) is 0 Å². The summed E-state index contributed by atoms with van der Waals surface area (Å²) in [7, 11) is 0. The van der Waals surface area contributed by atoms with Crippen LogP contribution in [0.25, 0.3) is 0 Å². The summed E-state index contributed by atoms with van der Waals surface area (Å²) >= 11 is 9.74. The van der Waals surface area contributed by atoms with Crippen molar-refractivity contribution in [2.24, 2.45) is 5.92 Å². The van der Waals surface area contributed by atoms with E-state index in [-0.39, 0.29) is 11.2 Å². The summed E-state index contributed by atoms with van der Waals surface area (Å²) in [5.74, 6) is 0.733. The molecule has 0 bridgehead atoms. The maximum absolute atomic E-state index is 13.2. The first-order chi connectivity index (χ1) is 9.16. The molecular weight excluding hydrogens is 327 g/mol. The fraction of sp³-hybridized carbons (Fsp3) is 0.250. The Kier molecular flexibility index (Phi) is 3.64. The van der Waals surface area contributed by atoms with Crippen LogP contribution in [0.15, 0.2) is 53.0 Å². The second-order valence-electron chi connectivity index (χ2n) is 4.99. The first-order valence-electron chi connectivity index (χ1n) is 6.31. The molecule has 0 aliphatic heterocycles. The molecule has 0 saturated heterocycles. The predicted molar refractivity (Wildman–Crippen MR) is 80.0 cm³/mol. The molecule has 0 amide bonds. The van der Waals surface area contributed by atoms with Crippen molar-refractivity contribution >= 4 is 27.5 Å². The number of hydrogen-bond acceptors (Lipinski definition) is 0. The van der Waals surface area contributed by atoms with Gasteiger partial charge < -0.3 is 0 Å². The zero-order valence-corrected chi connectivity index (χ0v) is 12.5. The molecule has 0 spiro atoms. The van der Waals surface area contributed by atoms with Crippen LogP contribution in [0, 0.1) is 11.7 Å². The molecule has 1 fully saturated rings. The molecule has 0 N–H and O–H groups in total. The zero-order chi connectivity index (χ0) is 13.4. The zero-order valence-electron chi connectivity index (χ0n) is 10.2. The van der Waals surface area contributed by atoms with Gasteiger partial charge in [0, 0.05) is 0 Å². The normalized spacial score (nSPS) is 23.1. The van der Waals surface area contributed by atoms with Crippen molar-refractivity contribution in [2.45, 2.75) is 17.7 Å². The van der Waals surface area contributed by atoms with Gasteiger partial charge in [-0.25, -0.2) is 4.39 Å². The summed E-state index contributed by atoms with van der Waals surface area (Å²) in [6.07, 6.45) is 1.10. The van der Waals surface area contributed by atoms with E-state index in [9.17, 15) is 4.39 Å². The highest BCUT2D eigenvalue weighted by molar-refractivity contribution is 9.10. The van der Waals surface area contributed by atoms with E-state index < -0.39 is 0 Å². The third-order valence-corrected chi connectivity index (χ3v) is 4.89. The van der Waals surface area contributed by atoms with Crippen molar-refractivity contribution in [3.8, 4) is 0 Å². The Hall–Kier alpha value is -0.860. The molecule has 1 saturated carbocycles. The molecular formula is C16H13BrClF. The predicted octanol–water partition coefficient (Wildman–Crippen LogP) is 5.67. The summed E-state index contributed by atoms with van der Waals surface area (Å²) in [4.78, 5) is 0. The van der Waals surface area contributed by atoms with E-state index >= 15 is 0 Å². The molecule has 3 unspecified atom stereocenters. The maximum Gasteiger partial charge on any atom is 0.137 e. The van der Waals surface area contributed by atoms with Gasteiger partial charge in [-0.05, 0) is 57.4 Å². The molecule has 0 aromatic heterocycles. The van der Waals surface area contributed by atoms with E-state index in [0.717, 1.165) is 12.0 Å². The molecule has 1 aliphatic carbocycles. The Balaban J connectivity index is 1.76. The first kappa shape index (κ1) is 13.1. The van der Waals surface area contributed by atoms with E-state index in [4.69, 9.17) is 11.6 Å². The standard InChI is InChI=1S/C16H13BrClF/c17-14-8-11(6-7-15(14)19)16(18)13-9-12(13)10-4-2-1-3-5-10/h1-8,12-13,16H,9H2. The molecule has 2 aromatic rings.